The van der Waals surface area contributed by atoms with Crippen LogP contribution in [-0.4, -0.2) is 35.7 Å². The number of carbonyl (C=O) groups is 2. The van der Waals surface area contributed by atoms with E-state index in [1.807, 2.05) is 10.6 Å². The van der Waals surface area contributed by atoms with Crippen LogP contribution in [-0.2, 0) is 0 Å². The van der Waals surface area contributed by atoms with Crippen LogP contribution in [0.25, 0.3) is 0 Å². The summed E-state index contributed by atoms with van der Waals surface area (Å²) in [4.78, 5) is 19.1. The van der Waals surface area contributed by atoms with Crippen molar-refractivity contribution in [1.29, 1.82) is 0 Å². The molecule has 0 radical (unpaired) electrons. The van der Waals surface area contributed by atoms with Crippen molar-refractivity contribution in [2.24, 2.45) is 11.5 Å². The molecule has 4 amide bonds. The number of nitrogens with two attached hydrogens (primary N) is 2. The number of aliphatic hydroxyl groups is 2. The largest absolute Gasteiger partial charge is 0.376 e. The molecule has 0 aliphatic carbocycles. The molecule has 0 rings (SSSR count). The van der Waals surface area contributed by atoms with Gasteiger partial charge in [0, 0.05) is 0 Å². The van der Waals surface area contributed by atoms with Gasteiger partial charge in [0.15, 0.2) is 0 Å². The monoisotopic (exact) mass is 180 g/mol. The van der Waals surface area contributed by atoms with E-state index in [1.165, 1.54) is 0 Å². The van der Waals surface area contributed by atoms with Gasteiger partial charge in [0.05, 0.1) is 0 Å². The van der Waals surface area contributed by atoms with Crippen LogP contribution >= 0.6 is 0 Å². The van der Waals surface area contributed by atoms with Gasteiger partial charge < -0.3 is 32.3 Å². The average molecular weight is 180 g/mol. The fourth-order valence-corrected chi connectivity index (χ4v) is 0.206. The normalized spacial score (nSPS) is 7.50. The number of amides is 4. The number of rotatable bonds is 2. The number of carbonyl (C=O) groups excluding carboxylic acids is 2. The molecular weight excluding hydrogens is 168 g/mol. The van der Waals surface area contributed by atoms with Crippen molar-refractivity contribution in [3.8, 4) is 0 Å². The molecule has 0 aromatic heterocycles. The Morgan fingerprint density at radius 1 is 1.08 bits per heavy atom. The second-order valence-electron chi connectivity index (χ2n) is 1.40. The number of urea groups is 2. The molecule has 0 unspecified atom stereocenters. The van der Waals surface area contributed by atoms with E-state index >= 15 is 0 Å². The zero-order chi connectivity index (χ0) is 9.98. The number of nitrogens with one attached hydrogen (secondary N) is 2. The Labute approximate surface area is 68.5 Å². The van der Waals surface area contributed by atoms with E-state index in [0.29, 0.717) is 0 Å². The van der Waals surface area contributed by atoms with Crippen molar-refractivity contribution in [3.05, 3.63) is 0 Å². The highest BCUT2D eigenvalue weighted by Crippen LogP contribution is 1.57. The zero-order valence-corrected chi connectivity index (χ0v) is 6.28. The maximum atomic E-state index is 10.1. The lowest BCUT2D eigenvalue weighted by Gasteiger charge is -1.98. The van der Waals surface area contributed by atoms with Crippen LogP contribution in [0.1, 0.15) is 0 Å². The lowest BCUT2D eigenvalue weighted by Crippen LogP contribution is -2.36. The second kappa shape index (κ2) is 9.46. The molecule has 8 heteroatoms. The summed E-state index contributed by atoms with van der Waals surface area (Å²) < 4.78 is 0. The van der Waals surface area contributed by atoms with Gasteiger partial charge >= 0.3 is 12.1 Å². The van der Waals surface area contributed by atoms with Gasteiger partial charge in [0.1, 0.15) is 13.5 Å². The van der Waals surface area contributed by atoms with Crippen LogP contribution in [0.3, 0.4) is 0 Å². The van der Waals surface area contributed by atoms with Crippen LogP contribution in [0.2, 0.25) is 0 Å². The molecule has 0 fully saturated rings. The Morgan fingerprint density at radius 3 is 1.50 bits per heavy atom. The van der Waals surface area contributed by atoms with Crippen LogP contribution < -0.4 is 22.1 Å². The van der Waals surface area contributed by atoms with Gasteiger partial charge in [-0.2, -0.15) is 0 Å². The third-order valence-corrected chi connectivity index (χ3v) is 0.479. The van der Waals surface area contributed by atoms with Crippen molar-refractivity contribution in [3.63, 3.8) is 0 Å². The summed E-state index contributed by atoms with van der Waals surface area (Å²) in [6, 6.07) is -1.42. The van der Waals surface area contributed by atoms with Gasteiger partial charge in [0.2, 0.25) is 0 Å². The Bertz CT molecular complexity index is 127. The molecule has 8 N–H and O–H groups in total. The van der Waals surface area contributed by atoms with Crippen molar-refractivity contribution in [1.82, 2.24) is 10.6 Å². The molecule has 0 heterocycles. The number of hydrogen-bond acceptors (Lipinski definition) is 4. The molecule has 0 aromatic rings. The maximum absolute atomic E-state index is 10.1. The van der Waals surface area contributed by atoms with Crippen molar-refractivity contribution < 1.29 is 19.8 Å². The third kappa shape index (κ3) is 23.7. The standard InChI is InChI=1S/C3H8N2O3.CH4N2O/c6-1-4-3(8)5-2-7;2-1(3)4/h6-7H,1-2H2,(H2,4,5,8);(H4,2,3,4). The summed E-state index contributed by atoms with van der Waals surface area (Å²) in [5.41, 5.74) is 8.50. The molecule has 12 heavy (non-hydrogen) atoms. The highest BCUT2D eigenvalue weighted by molar-refractivity contribution is 5.73. The van der Waals surface area contributed by atoms with Gasteiger partial charge in [-0.3, -0.25) is 0 Å². The lowest BCUT2D eigenvalue weighted by molar-refractivity contribution is 0.201. The minimum Gasteiger partial charge on any atom is -0.376 e. The number of aliphatic hydroxyl groups excluding tert-OH is 2. The highest BCUT2D eigenvalue weighted by atomic mass is 16.3. The molecule has 0 aliphatic heterocycles. The van der Waals surface area contributed by atoms with Gasteiger partial charge in [-0.1, -0.05) is 0 Å². The van der Waals surface area contributed by atoms with Crippen molar-refractivity contribution in [2.75, 3.05) is 13.5 Å². The Morgan fingerprint density at radius 2 is 1.33 bits per heavy atom. The molecule has 0 aromatic carbocycles. The molecule has 0 saturated carbocycles. The van der Waals surface area contributed by atoms with Crippen LogP contribution in [0.4, 0.5) is 9.59 Å². The van der Waals surface area contributed by atoms with E-state index in [4.69, 9.17) is 15.0 Å². The van der Waals surface area contributed by atoms with Gasteiger partial charge in [0.25, 0.3) is 0 Å². The zero-order valence-electron chi connectivity index (χ0n) is 6.28. The molecule has 0 bridgehead atoms. The van der Waals surface area contributed by atoms with E-state index < -0.39 is 25.5 Å². The molecule has 0 spiro atoms. The maximum Gasteiger partial charge on any atom is 0.318 e. The van der Waals surface area contributed by atoms with E-state index in [0.717, 1.165) is 0 Å². The van der Waals surface area contributed by atoms with Gasteiger partial charge in [-0.15, -0.1) is 0 Å². The van der Waals surface area contributed by atoms with Gasteiger partial charge in [-0.05, 0) is 0 Å². The summed E-state index contributed by atoms with van der Waals surface area (Å²) in [7, 11) is 0. The summed E-state index contributed by atoms with van der Waals surface area (Å²) in [6.07, 6.45) is 0. The van der Waals surface area contributed by atoms with Crippen molar-refractivity contribution >= 4 is 12.1 Å². The fourth-order valence-electron chi connectivity index (χ4n) is 0.206. The quantitative estimate of drug-likeness (QED) is 0.254. The first-order chi connectivity index (χ1) is 5.54. The fraction of sp³-hybridized carbons (Fsp3) is 0.500. The topological polar surface area (TPSA) is 151 Å². The van der Waals surface area contributed by atoms with Crippen LogP contribution in [0.5, 0.6) is 0 Å². The first-order valence-corrected chi connectivity index (χ1v) is 2.83. The number of primary amides is 2. The smallest absolute Gasteiger partial charge is 0.318 e. The first kappa shape index (κ1) is 13.1. The SMILES string of the molecule is NC(N)=O.O=C(NCO)NCO. The molecule has 0 atom stereocenters. The van der Waals surface area contributed by atoms with E-state index in [2.05, 4.69) is 11.5 Å². The minimum atomic E-state index is -0.833. The third-order valence-electron chi connectivity index (χ3n) is 0.479. The second-order valence-corrected chi connectivity index (χ2v) is 1.40. The van der Waals surface area contributed by atoms with Crippen LogP contribution in [0, 0.1) is 0 Å². The molecule has 0 aliphatic rings. The van der Waals surface area contributed by atoms with Crippen molar-refractivity contribution in [2.45, 2.75) is 0 Å². The first-order valence-electron chi connectivity index (χ1n) is 2.83. The predicted octanol–water partition coefficient (Wildman–Crippen LogP) is -2.79. The Hall–Kier alpha value is -1.54. The number of hydrogen-bond donors (Lipinski definition) is 6. The summed E-state index contributed by atoms with van der Waals surface area (Å²) >= 11 is 0. The van der Waals surface area contributed by atoms with E-state index in [-0.39, 0.29) is 0 Å². The molecule has 72 valence electrons. The molecular formula is C4H12N4O4. The Balaban J connectivity index is 0. The summed E-state index contributed by atoms with van der Waals surface area (Å²) in [6.45, 7) is -0.850. The summed E-state index contributed by atoms with van der Waals surface area (Å²) in [5, 5.41) is 20.0. The van der Waals surface area contributed by atoms with Crippen LogP contribution in [0.15, 0.2) is 0 Å². The average Bonchev–Trinajstić information content (AvgIpc) is 1.87. The molecule has 0 saturated heterocycles. The molecule has 8 nitrogen and oxygen atoms in total. The lowest BCUT2D eigenvalue weighted by atomic mass is 10.9. The van der Waals surface area contributed by atoms with E-state index in [9.17, 15) is 4.79 Å². The highest BCUT2D eigenvalue weighted by Gasteiger charge is 1.91. The summed E-state index contributed by atoms with van der Waals surface area (Å²) in [5.74, 6) is 0. The Kier molecular flexibility index (Phi) is 10.3. The van der Waals surface area contributed by atoms with E-state index in [1.54, 1.807) is 0 Å². The van der Waals surface area contributed by atoms with Gasteiger partial charge in [-0.25, -0.2) is 9.59 Å². The minimum absolute atomic E-state index is 0.425. The predicted molar refractivity (Wildman–Crippen MR) is 39.6 cm³/mol.